The Morgan fingerprint density at radius 2 is 1.76 bits per heavy atom. The summed E-state index contributed by atoms with van der Waals surface area (Å²) in [6.07, 6.45) is 1.45. The van der Waals surface area contributed by atoms with Crippen LogP contribution in [0.25, 0.3) is 11.3 Å². The van der Waals surface area contributed by atoms with E-state index in [9.17, 15) is 0 Å². The summed E-state index contributed by atoms with van der Waals surface area (Å²) < 4.78 is 5.81. The fourth-order valence-corrected chi connectivity index (χ4v) is 2.12. The van der Waals surface area contributed by atoms with Gasteiger partial charge < -0.3 is 4.74 Å². The van der Waals surface area contributed by atoms with Gasteiger partial charge in [0.05, 0.1) is 5.69 Å². The van der Waals surface area contributed by atoms with Crippen LogP contribution in [0.1, 0.15) is 5.56 Å². The molecule has 3 aromatic rings. The van der Waals surface area contributed by atoms with Gasteiger partial charge in [0.15, 0.2) is 0 Å². The summed E-state index contributed by atoms with van der Waals surface area (Å²) in [5.74, 6) is 0.797. The zero-order chi connectivity index (χ0) is 14.5. The van der Waals surface area contributed by atoms with E-state index >= 15 is 0 Å². The van der Waals surface area contributed by atoms with E-state index < -0.39 is 0 Å². The van der Waals surface area contributed by atoms with Crippen molar-refractivity contribution in [1.29, 1.82) is 0 Å². The van der Waals surface area contributed by atoms with Crippen LogP contribution in [0.3, 0.4) is 0 Å². The molecule has 2 aromatic carbocycles. The maximum atomic E-state index is 5.89. The highest BCUT2D eigenvalue weighted by Gasteiger charge is 2.03. The molecular formula is C17H13ClN2O. The first-order valence-corrected chi connectivity index (χ1v) is 6.94. The van der Waals surface area contributed by atoms with Gasteiger partial charge in [0, 0.05) is 11.6 Å². The molecule has 0 saturated carbocycles. The molecule has 0 unspecified atom stereocenters. The lowest BCUT2D eigenvalue weighted by Crippen LogP contribution is -1.95. The fraction of sp³-hybridized carbons (Fsp3) is 0.0588. The van der Waals surface area contributed by atoms with E-state index in [4.69, 9.17) is 16.3 Å². The van der Waals surface area contributed by atoms with E-state index in [2.05, 4.69) is 9.97 Å². The van der Waals surface area contributed by atoms with Crippen molar-refractivity contribution in [3.63, 3.8) is 0 Å². The molecule has 0 aliphatic rings. The van der Waals surface area contributed by atoms with Gasteiger partial charge in [-0.2, -0.15) is 0 Å². The van der Waals surface area contributed by atoms with Crippen molar-refractivity contribution in [3.8, 4) is 17.0 Å². The lowest BCUT2D eigenvalue weighted by Gasteiger charge is -2.08. The third-order valence-electron chi connectivity index (χ3n) is 3.01. The Balaban J connectivity index is 1.77. The Morgan fingerprint density at radius 1 is 0.905 bits per heavy atom. The van der Waals surface area contributed by atoms with E-state index in [-0.39, 0.29) is 0 Å². The number of halogens is 1. The van der Waals surface area contributed by atoms with Gasteiger partial charge in [-0.15, -0.1) is 0 Å². The van der Waals surface area contributed by atoms with Gasteiger partial charge in [0.2, 0.25) is 0 Å². The molecule has 0 atom stereocenters. The quantitative estimate of drug-likeness (QED) is 0.670. The molecule has 0 aliphatic heterocycles. The smallest absolute Gasteiger partial charge is 0.133 e. The average molecular weight is 297 g/mol. The number of hydrogen-bond donors (Lipinski definition) is 0. The minimum Gasteiger partial charge on any atom is -0.489 e. The summed E-state index contributed by atoms with van der Waals surface area (Å²) in [6, 6.07) is 19.6. The van der Waals surface area contributed by atoms with Gasteiger partial charge >= 0.3 is 0 Å². The molecule has 0 radical (unpaired) electrons. The number of hydrogen-bond acceptors (Lipinski definition) is 3. The van der Waals surface area contributed by atoms with Crippen molar-refractivity contribution in [2.24, 2.45) is 0 Å². The maximum Gasteiger partial charge on any atom is 0.133 e. The van der Waals surface area contributed by atoms with Gasteiger partial charge in [-0.1, -0.05) is 54.1 Å². The van der Waals surface area contributed by atoms with Gasteiger partial charge in [0.25, 0.3) is 0 Å². The van der Waals surface area contributed by atoms with Crippen LogP contribution in [0.5, 0.6) is 5.75 Å². The monoisotopic (exact) mass is 296 g/mol. The van der Waals surface area contributed by atoms with Crippen LogP contribution in [0, 0.1) is 0 Å². The Hall–Kier alpha value is -2.39. The van der Waals surface area contributed by atoms with Gasteiger partial charge in [-0.25, -0.2) is 9.97 Å². The van der Waals surface area contributed by atoms with Gasteiger partial charge in [-0.05, 0) is 17.7 Å². The standard InChI is InChI=1S/C17H13ClN2O/c18-17-10-16(19-12-20-17)14-7-4-8-15(9-14)21-11-13-5-2-1-3-6-13/h1-10,12H,11H2. The van der Waals surface area contributed by atoms with Crippen LogP contribution in [-0.2, 0) is 6.61 Å². The molecular weight excluding hydrogens is 284 g/mol. The molecule has 0 fully saturated rings. The van der Waals surface area contributed by atoms with Crippen LogP contribution in [0.15, 0.2) is 67.0 Å². The van der Waals surface area contributed by atoms with Crippen LogP contribution in [-0.4, -0.2) is 9.97 Å². The molecule has 3 nitrogen and oxygen atoms in total. The first kappa shape index (κ1) is 13.6. The number of rotatable bonds is 4. The predicted molar refractivity (Wildman–Crippen MR) is 83.3 cm³/mol. The lowest BCUT2D eigenvalue weighted by molar-refractivity contribution is 0.306. The molecule has 0 N–H and O–H groups in total. The zero-order valence-electron chi connectivity index (χ0n) is 11.2. The van der Waals surface area contributed by atoms with Crippen LogP contribution in [0.2, 0.25) is 5.15 Å². The molecule has 0 bridgehead atoms. The molecule has 0 saturated heterocycles. The molecule has 21 heavy (non-hydrogen) atoms. The van der Waals surface area contributed by atoms with E-state index in [0.717, 1.165) is 22.6 Å². The first-order valence-electron chi connectivity index (χ1n) is 6.56. The summed E-state index contributed by atoms with van der Waals surface area (Å²) in [4.78, 5) is 8.10. The number of aromatic nitrogens is 2. The Bertz CT molecular complexity index is 732. The van der Waals surface area contributed by atoms with Crippen molar-refractivity contribution in [2.45, 2.75) is 6.61 Å². The Morgan fingerprint density at radius 3 is 2.57 bits per heavy atom. The van der Waals surface area contributed by atoms with E-state index in [0.29, 0.717) is 11.8 Å². The van der Waals surface area contributed by atoms with E-state index in [1.165, 1.54) is 6.33 Å². The highest BCUT2D eigenvalue weighted by Crippen LogP contribution is 2.23. The van der Waals surface area contributed by atoms with Crippen molar-refractivity contribution in [1.82, 2.24) is 9.97 Å². The topological polar surface area (TPSA) is 35.0 Å². The van der Waals surface area contributed by atoms with Gasteiger partial charge in [-0.3, -0.25) is 0 Å². The van der Waals surface area contributed by atoms with E-state index in [1.54, 1.807) is 6.07 Å². The number of ether oxygens (including phenoxy) is 1. The SMILES string of the molecule is Clc1cc(-c2cccc(OCc3ccccc3)c2)ncn1. The normalized spacial score (nSPS) is 10.3. The maximum absolute atomic E-state index is 5.89. The molecule has 1 heterocycles. The Kier molecular flexibility index (Phi) is 4.12. The highest BCUT2D eigenvalue weighted by atomic mass is 35.5. The van der Waals surface area contributed by atoms with Crippen LogP contribution < -0.4 is 4.74 Å². The van der Waals surface area contributed by atoms with Crippen molar-refractivity contribution < 1.29 is 4.74 Å². The van der Waals surface area contributed by atoms with Gasteiger partial charge in [0.1, 0.15) is 23.8 Å². The Labute approximate surface area is 128 Å². The third kappa shape index (κ3) is 3.58. The minimum atomic E-state index is 0.426. The summed E-state index contributed by atoms with van der Waals surface area (Å²) in [5, 5.41) is 0.426. The first-order chi connectivity index (χ1) is 10.3. The third-order valence-corrected chi connectivity index (χ3v) is 3.22. The molecule has 0 spiro atoms. The number of benzene rings is 2. The second kappa shape index (κ2) is 6.37. The van der Waals surface area contributed by atoms with Crippen molar-refractivity contribution in [3.05, 3.63) is 77.7 Å². The predicted octanol–water partition coefficient (Wildman–Crippen LogP) is 4.38. The second-order valence-corrected chi connectivity index (χ2v) is 4.92. The summed E-state index contributed by atoms with van der Waals surface area (Å²) in [7, 11) is 0. The summed E-state index contributed by atoms with van der Waals surface area (Å²) >= 11 is 5.89. The molecule has 1 aromatic heterocycles. The molecule has 0 amide bonds. The zero-order valence-corrected chi connectivity index (χ0v) is 12.0. The minimum absolute atomic E-state index is 0.426. The average Bonchev–Trinajstić information content (AvgIpc) is 2.54. The summed E-state index contributed by atoms with van der Waals surface area (Å²) in [5.41, 5.74) is 2.86. The van der Waals surface area contributed by atoms with Crippen molar-refractivity contribution >= 4 is 11.6 Å². The molecule has 0 aliphatic carbocycles. The largest absolute Gasteiger partial charge is 0.489 e. The molecule has 104 valence electrons. The van der Waals surface area contributed by atoms with Crippen molar-refractivity contribution in [2.75, 3.05) is 0 Å². The lowest BCUT2D eigenvalue weighted by atomic mass is 10.1. The summed E-state index contributed by atoms with van der Waals surface area (Å²) in [6.45, 7) is 0.537. The molecule has 4 heteroatoms. The molecule has 3 rings (SSSR count). The second-order valence-electron chi connectivity index (χ2n) is 4.53. The number of nitrogens with zero attached hydrogens (tertiary/aromatic N) is 2. The van der Waals surface area contributed by atoms with Crippen LogP contribution in [0.4, 0.5) is 0 Å². The van der Waals surface area contributed by atoms with Crippen LogP contribution >= 0.6 is 11.6 Å². The highest BCUT2D eigenvalue weighted by molar-refractivity contribution is 6.29. The fourth-order valence-electron chi connectivity index (χ4n) is 1.98. The van der Waals surface area contributed by atoms with E-state index in [1.807, 2.05) is 54.6 Å².